The number of hydrogen-bond acceptors (Lipinski definition) is 4. The first-order chi connectivity index (χ1) is 15.5. The zero-order valence-electron chi connectivity index (χ0n) is 19.2. The molecule has 2 aromatic carbocycles. The van der Waals surface area contributed by atoms with Crippen molar-refractivity contribution in [3.05, 3.63) is 54.1 Å². The van der Waals surface area contributed by atoms with Crippen molar-refractivity contribution in [3.63, 3.8) is 0 Å². The number of nitrogens with zero attached hydrogens (tertiary/aromatic N) is 2. The first-order valence-corrected chi connectivity index (χ1v) is 11.6. The highest BCUT2D eigenvalue weighted by atomic mass is 16.5. The van der Waals surface area contributed by atoms with E-state index in [2.05, 4.69) is 17.1 Å². The van der Waals surface area contributed by atoms with Crippen molar-refractivity contribution in [2.24, 2.45) is 5.92 Å². The highest BCUT2D eigenvalue weighted by Crippen LogP contribution is 2.41. The van der Waals surface area contributed by atoms with Gasteiger partial charge in [-0.25, -0.2) is 0 Å². The van der Waals surface area contributed by atoms with Crippen LogP contribution in [0.15, 0.2) is 48.5 Å². The number of amides is 2. The van der Waals surface area contributed by atoms with Crippen molar-refractivity contribution in [1.82, 2.24) is 4.90 Å². The number of ether oxygens (including phenoxy) is 1. The van der Waals surface area contributed by atoms with Crippen molar-refractivity contribution in [2.75, 3.05) is 30.9 Å². The fraction of sp³-hybridized carbons (Fsp3) is 0.462. The van der Waals surface area contributed by atoms with Gasteiger partial charge in [0.15, 0.2) is 0 Å². The maximum atomic E-state index is 13.7. The summed E-state index contributed by atoms with van der Waals surface area (Å²) in [6.45, 7) is 2.97. The zero-order chi connectivity index (χ0) is 22.7. The van der Waals surface area contributed by atoms with Gasteiger partial charge < -0.3 is 19.9 Å². The van der Waals surface area contributed by atoms with E-state index in [0.29, 0.717) is 23.7 Å². The fourth-order valence-corrected chi connectivity index (χ4v) is 5.18. The smallest absolute Gasteiger partial charge is 0.258 e. The number of carbonyl (C=O) groups is 2. The third-order valence-electron chi connectivity index (χ3n) is 6.99. The Labute approximate surface area is 190 Å². The number of carbonyl (C=O) groups excluding carboxylic acids is 2. The van der Waals surface area contributed by atoms with Crippen LogP contribution in [0.3, 0.4) is 0 Å². The van der Waals surface area contributed by atoms with E-state index in [0.717, 1.165) is 43.6 Å². The summed E-state index contributed by atoms with van der Waals surface area (Å²) < 4.78 is 5.45. The Morgan fingerprint density at radius 3 is 2.69 bits per heavy atom. The third kappa shape index (κ3) is 4.31. The number of methoxy groups -OCH3 is 1. The van der Waals surface area contributed by atoms with E-state index in [9.17, 15) is 9.59 Å². The molecule has 2 aromatic rings. The second-order valence-electron chi connectivity index (χ2n) is 8.83. The van der Waals surface area contributed by atoms with Crippen LogP contribution in [0.1, 0.15) is 49.4 Å². The van der Waals surface area contributed by atoms with Gasteiger partial charge in [-0.2, -0.15) is 0 Å². The largest absolute Gasteiger partial charge is 0.496 e. The molecular formula is C26H33N3O3. The molecule has 32 heavy (non-hydrogen) atoms. The van der Waals surface area contributed by atoms with Crippen LogP contribution in [0.2, 0.25) is 0 Å². The van der Waals surface area contributed by atoms with Crippen molar-refractivity contribution in [2.45, 2.75) is 51.1 Å². The number of hydrogen-bond donors (Lipinski definition) is 1. The van der Waals surface area contributed by atoms with Crippen molar-refractivity contribution in [3.8, 4) is 5.75 Å². The predicted octanol–water partition coefficient (Wildman–Crippen LogP) is 4.56. The van der Waals surface area contributed by atoms with Gasteiger partial charge in [-0.15, -0.1) is 0 Å². The molecule has 1 saturated heterocycles. The van der Waals surface area contributed by atoms with E-state index in [4.69, 9.17) is 4.74 Å². The summed E-state index contributed by atoms with van der Waals surface area (Å²) in [7, 11) is 3.60. The van der Waals surface area contributed by atoms with Crippen LogP contribution in [0, 0.1) is 5.92 Å². The molecule has 2 fully saturated rings. The maximum absolute atomic E-state index is 13.7. The molecular weight excluding hydrogens is 402 g/mol. The predicted molar refractivity (Wildman–Crippen MR) is 127 cm³/mol. The number of likely N-dealkylation sites (tertiary alicyclic amines) is 1. The minimum Gasteiger partial charge on any atom is -0.496 e. The Bertz CT molecular complexity index is 976. The molecule has 0 aromatic heterocycles. The van der Waals surface area contributed by atoms with Crippen molar-refractivity contribution in [1.29, 1.82) is 0 Å². The van der Waals surface area contributed by atoms with Gasteiger partial charge in [0.1, 0.15) is 11.8 Å². The lowest BCUT2D eigenvalue weighted by molar-refractivity contribution is -0.120. The minimum absolute atomic E-state index is 0.106. The molecule has 1 heterocycles. The molecule has 1 aliphatic heterocycles. The van der Waals surface area contributed by atoms with E-state index < -0.39 is 6.04 Å². The molecule has 1 N–H and O–H groups in total. The molecule has 1 saturated carbocycles. The molecule has 6 heteroatoms. The molecule has 4 rings (SSSR count). The topological polar surface area (TPSA) is 61.9 Å². The number of nitrogens with one attached hydrogen (secondary N) is 1. The van der Waals surface area contributed by atoms with Gasteiger partial charge in [0.05, 0.1) is 12.7 Å². The number of para-hydroxylation sites is 1. The van der Waals surface area contributed by atoms with E-state index in [1.807, 2.05) is 48.3 Å². The Hall–Kier alpha value is -3.02. The minimum atomic E-state index is -0.479. The van der Waals surface area contributed by atoms with Crippen LogP contribution >= 0.6 is 0 Å². The Morgan fingerprint density at radius 2 is 1.91 bits per heavy atom. The van der Waals surface area contributed by atoms with Gasteiger partial charge in [-0.3, -0.25) is 9.59 Å². The molecule has 3 atom stereocenters. The monoisotopic (exact) mass is 435 g/mol. The number of fused-ring (bicyclic) bond motifs is 1. The Morgan fingerprint density at radius 1 is 1.12 bits per heavy atom. The summed E-state index contributed by atoms with van der Waals surface area (Å²) in [5.74, 6) is 0.692. The van der Waals surface area contributed by atoms with Crippen LogP contribution < -0.4 is 15.0 Å². The Balaban J connectivity index is 1.61. The standard InChI is InChI=1S/C26H33N3O3/c1-4-28(2)20-12-9-11-19(17-20)27-25(30)23-16-18-10-5-7-14-22(18)29(23)26(31)21-13-6-8-15-24(21)32-3/h6,8-9,11-13,15,17-18,22-23H,4-5,7,10,14,16H2,1-3H3,(H,27,30). The fourth-order valence-electron chi connectivity index (χ4n) is 5.18. The maximum Gasteiger partial charge on any atom is 0.258 e. The van der Waals surface area contributed by atoms with Gasteiger partial charge in [0.2, 0.25) is 5.91 Å². The van der Waals surface area contributed by atoms with E-state index >= 15 is 0 Å². The SMILES string of the molecule is CCN(C)c1cccc(NC(=O)C2CC3CCCCC3N2C(=O)c2ccccc2OC)c1. The zero-order valence-corrected chi connectivity index (χ0v) is 19.2. The molecule has 0 radical (unpaired) electrons. The molecule has 2 aliphatic rings. The molecule has 170 valence electrons. The first kappa shape index (κ1) is 22.2. The quantitative estimate of drug-likeness (QED) is 0.722. The normalized spacial score (nSPS) is 22.2. The third-order valence-corrected chi connectivity index (χ3v) is 6.99. The summed E-state index contributed by atoms with van der Waals surface area (Å²) >= 11 is 0. The molecule has 6 nitrogen and oxygen atoms in total. The second-order valence-corrected chi connectivity index (χ2v) is 8.83. The lowest BCUT2D eigenvalue weighted by Crippen LogP contribution is -2.48. The van der Waals surface area contributed by atoms with Crippen LogP contribution in [-0.2, 0) is 4.79 Å². The van der Waals surface area contributed by atoms with Gasteiger partial charge in [0.25, 0.3) is 5.91 Å². The number of benzene rings is 2. The van der Waals surface area contributed by atoms with Crippen LogP contribution in [-0.4, -0.2) is 49.5 Å². The van der Waals surface area contributed by atoms with Gasteiger partial charge in [-0.1, -0.05) is 31.0 Å². The van der Waals surface area contributed by atoms with Crippen LogP contribution in [0.25, 0.3) is 0 Å². The first-order valence-electron chi connectivity index (χ1n) is 11.6. The van der Waals surface area contributed by atoms with Gasteiger partial charge in [-0.05, 0) is 62.4 Å². The van der Waals surface area contributed by atoms with Crippen LogP contribution in [0.4, 0.5) is 11.4 Å². The molecule has 0 spiro atoms. The number of anilines is 2. The van der Waals surface area contributed by atoms with Gasteiger partial charge >= 0.3 is 0 Å². The summed E-state index contributed by atoms with van der Waals surface area (Å²) in [6, 6.07) is 14.8. The average molecular weight is 436 g/mol. The lowest BCUT2D eigenvalue weighted by Gasteiger charge is -2.34. The van der Waals surface area contributed by atoms with E-state index in [1.165, 1.54) is 0 Å². The number of rotatable bonds is 6. The molecule has 1 aliphatic carbocycles. The lowest BCUT2D eigenvalue weighted by atomic mass is 9.84. The molecule has 2 amide bonds. The second kappa shape index (κ2) is 9.63. The summed E-state index contributed by atoms with van der Waals surface area (Å²) in [4.78, 5) is 31.1. The highest BCUT2D eigenvalue weighted by molar-refractivity contribution is 6.03. The summed E-state index contributed by atoms with van der Waals surface area (Å²) in [6.07, 6.45) is 4.99. The average Bonchev–Trinajstić information content (AvgIpc) is 3.23. The van der Waals surface area contributed by atoms with E-state index in [1.54, 1.807) is 19.2 Å². The molecule has 0 bridgehead atoms. The highest BCUT2D eigenvalue weighted by Gasteiger charge is 2.48. The van der Waals surface area contributed by atoms with E-state index in [-0.39, 0.29) is 17.9 Å². The Kier molecular flexibility index (Phi) is 6.68. The summed E-state index contributed by atoms with van der Waals surface area (Å²) in [5, 5.41) is 3.09. The van der Waals surface area contributed by atoms with Crippen molar-refractivity contribution >= 4 is 23.2 Å². The summed E-state index contributed by atoms with van der Waals surface area (Å²) in [5.41, 5.74) is 2.32. The van der Waals surface area contributed by atoms with Gasteiger partial charge in [0, 0.05) is 31.0 Å². The molecule has 3 unspecified atom stereocenters. The van der Waals surface area contributed by atoms with Crippen molar-refractivity contribution < 1.29 is 14.3 Å². The van der Waals surface area contributed by atoms with Crippen LogP contribution in [0.5, 0.6) is 5.75 Å².